The molecule has 1 atom stereocenters. The molecule has 0 bridgehead atoms. The Labute approximate surface area is 104 Å². The quantitative estimate of drug-likeness (QED) is 0.812. The molecule has 0 saturated heterocycles. The second-order valence-corrected chi connectivity index (χ2v) is 6.91. The molecule has 0 spiro atoms. The van der Waals surface area contributed by atoms with Gasteiger partial charge in [0, 0.05) is 12.2 Å². The van der Waals surface area contributed by atoms with Crippen LogP contribution in [0.25, 0.3) is 0 Å². The van der Waals surface area contributed by atoms with Gasteiger partial charge in [-0.2, -0.15) is 0 Å². The first-order valence-electron chi connectivity index (χ1n) is 5.66. The number of hydrogen-bond donors (Lipinski definition) is 0. The summed E-state index contributed by atoms with van der Waals surface area (Å²) in [4.78, 5) is 0. The van der Waals surface area contributed by atoms with Crippen molar-refractivity contribution in [3.05, 3.63) is 29.3 Å². The van der Waals surface area contributed by atoms with Crippen LogP contribution in [0.2, 0.25) is 0 Å². The Balaban J connectivity index is 2.62. The standard InChI is InChI=1S/C13H20O3S/c1-10(9-17(4,14)15)8-16-13-11(2)6-5-7-12(13)3/h5-7,10H,8-9H2,1-4H3/t10-/m1/s1. The molecule has 0 aliphatic carbocycles. The van der Waals surface area contributed by atoms with Crippen LogP contribution >= 0.6 is 0 Å². The predicted molar refractivity (Wildman–Crippen MR) is 70.3 cm³/mol. The fourth-order valence-electron chi connectivity index (χ4n) is 1.82. The van der Waals surface area contributed by atoms with Crippen molar-refractivity contribution in [2.45, 2.75) is 20.8 Å². The average molecular weight is 256 g/mol. The normalized spacial score (nSPS) is 13.4. The van der Waals surface area contributed by atoms with Gasteiger partial charge in [-0.15, -0.1) is 0 Å². The van der Waals surface area contributed by atoms with Gasteiger partial charge in [0.2, 0.25) is 0 Å². The van der Waals surface area contributed by atoms with E-state index in [1.54, 1.807) is 0 Å². The third kappa shape index (κ3) is 4.77. The van der Waals surface area contributed by atoms with Gasteiger partial charge in [0.15, 0.2) is 0 Å². The molecule has 0 heterocycles. The zero-order valence-electron chi connectivity index (χ0n) is 10.9. The van der Waals surface area contributed by atoms with Gasteiger partial charge in [0.25, 0.3) is 0 Å². The van der Waals surface area contributed by atoms with Crippen molar-refractivity contribution < 1.29 is 13.2 Å². The molecule has 0 amide bonds. The number of aryl methyl sites for hydroxylation is 2. The van der Waals surface area contributed by atoms with Crippen molar-refractivity contribution >= 4 is 9.84 Å². The molecule has 0 radical (unpaired) electrons. The van der Waals surface area contributed by atoms with Crippen molar-refractivity contribution in [1.29, 1.82) is 0 Å². The maximum absolute atomic E-state index is 11.1. The highest BCUT2D eigenvalue weighted by atomic mass is 32.2. The van der Waals surface area contributed by atoms with Crippen LogP contribution in [0, 0.1) is 19.8 Å². The Hall–Kier alpha value is -1.03. The Morgan fingerprint density at radius 1 is 1.24 bits per heavy atom. The molecule has 17 heavy (non-hydrogen) atoms. The average Bonchev–Trinajstić information content (AvgIpc) is 2.14. The third-order valence-corrected chi connectivity index (χ3v) is 3.68. The minimum Gasteiger partial charge on any atom is -0.493 e. The molecule has 1 aromatic carbocycles. The summed E-state index contributed by atoms with van der Waals surface area (Å²) in [6.45, 7) is 6.29. The first-order valence-corrected chi connectivity index (χ1v) is 7.72. The molecule has 4 heteroatoms. The predicted octanol–water partition coefficient (Wildman–Crippen LogP) is 2.36. The SMILES string of the molecule is Cc1cccc(C)c1OC[C@@H](C)CS(C)(=O)=O. The van der Waals surface area contributed by atoms with Gasteiger partial charge >= 0.3 is 0 Å². The lowest BCUT2D eigenvalue weighted by Gasteiger charge is -2.15. The Morgan fingerprint density at radius 2 is 1.76 bits per heavy atom. The van der Waals surface area contributed by atoms with Gasteiger partial charge < -0.3 is 4.74 Å². The molecule has 0 saturated carbocycles. The summed E-state index contributed by atoms with van der Waals surface area (Å²) in [7, 11) is -2.93. The molecular formula is C13H20O3S. The number of sulfone groups is 1. The first kappa shape index (κ1) is 14.0. The summed E-state index contributed by atoms with van der Waals surface area (Å²) in [6, 6.07) is 5.96. The second-order valence-electron chi connectivity index (χ2n) is 4.73. The summed E-state index contributed by atoms with van der Waals surface area (Å²) in [5, 5.41) is 0. The van der Waals surface area contributed by atoms with E-state index >= 15 is 0 Å². The van der Waals surface area contributed by atoms with Crippen LogP contribution in [0.5, 0.6) is 5.75 Å². The third-order valence-electron chi connectivity index (χ3n) is 2.51. The minimum absolute atomic E-state index is 0.00371. The van der Waals surface area contributed by atoms with Gasteiger partial charge in [-0.1, -0.05) is 25.1 Å². The van der Waals surface area contributed by atoms with E-state index in [4.69, 9.17) is 4.74 Å². The van der Waals surface area contributed by atoms with Crippen LogP contribution < -0.4 is 4.74 Å². The molecule has 1 aromatic rings. The van der Waals surface area contributed by atoms with Gasteiger partial charge in [-0.3, -0.25) is 0 Å². The summed E-state index contributed by atoms with van der Waals surface area (Å²) in [6.07, 6.45) is 1.25. The van der Waals surface area contributed by atoms with E-state index in [1.165, 1.54) is 6.26 Å². The summed E-state index contributed by atoms with van der Waals surface area (Å²) >= 11 is 0. The lowest BCUT2D eigenvalue weighted by molar-refractivity contribution is 0.268. The molecule has 0 N–H and O–H groups in total. The maximum atomic E-state index is 11.1. The van der Waals surface area contributed by atoms with Crippen LogP contribution in [-0.4, -0.2) is 27.0 Å². The topological polar surface area (TPSA) is 43.4 Å². The van der Waals surface area contributed by atoms with E-state index in [-0.39, 0.29) is 11.7 Å². The van der Waals surface area contributed by atoms with Crippen molar-refractivity contribution in [1.82, 2.24) is 0 Å². The summed E-state index contributed by atoms with van der Waals surface area (Å²) in [5.74, 6) is 1.04. The van der Waals surface area contributed by atoms with E-state index in [0.717, 1.165) is 16.9 Å². The number of benzene rings is 1. The monoisotopic (exact) mass is 256 g/mol. The van der Waals surface area contributed by atoms with Crippen molar-refractivity contribution in [3.63, 3.8) is 0 Å². The second kappa shape index (κ2) is 5.54. The zero-order chi connectivity index (χ0) is 13.1. The van der Waals surface area contributed by atoms with Gasteiger partial charge in [-0.25, -0.2) is 8.42 Å². The van der Waals surface area contributed by atoms with Crippen molar-refractivity contribution in [2.24, 2.45) is 5.92 Å². The molecule has 0 aliphatic heterocycles. The molecule has 0 fully saturated rings. The van der Waals surface area contributed by atoms with E-state index < -0.39 is 9.84 Å². The molecule has 0 aromatic heterocycles. The minimum atomic E-state index is -2.93. The molecule has 3 nitrogen and oxygen atoms in total. The smallest absolute Gasteiger partial charge is 0.147 e. The van der Waals surface area contributed by atoms with E-state index in [9.17, 15) is 8.42 Å². The van der Waals surface area contributed by atoms with Crippen molar-refractivity contribution in [2.75, 3.05) is 18.6 Å². The van der Waals surface area contributed by atoms with Gasteiger partial charge in [-0.05, 0) is 25.0 Å². The number of ether oxygens (including phenoxy) is 1. The Morgan fingerprint density at radius 3 is 2.24 bits per heavy atom. The van der Waals surface area contributed by atoms with E-state index in [0.29, 0.717) is 6.61 Å². The van der Waals surface area contributed by atoms with Crippen molar-refractivity contribution in [3.8, 4) is 5.75 Å². The molecular weight excluding hydrogens is 236 g/mol. The van der Waals surface area contributed by atoms with Gasteiger partial charge in [0.1, 0.15) is 15.6 Å². The molecule has 0 aliphatic rings. The zero-order valence-corrected chi connectivity index (χ0v) is 11.7. The lowest BCUT2D eigenvalue weighted by Crippen LogP contribution is -2.19. The van der Waals surface area contributed by atoms with Gasteiger partial charge in [0.05, 0.1) is 12.4 Å². The van der Waals surface area contributed by atoms with Crippen LogP contribution in [0.4, 0.5) is 0 Å². The highest BCUT2D eigenvalue weighted by Gasteiger charge is 2.12. The fraction of sp³-hybridized carbons (Fsp3) is 0.538. The Bertz CT molecular complexity index is 457. The number of hydrogen-bond acceptors (Lipinski definition) is 3. The molecule has 1 rings (SSSR count). The lowest BCUT2D eigenvalue weighted by atomic mass is 10.1. The fourth-order valence-corrected chi connectivity index (χ4v) is 2.95. The number of rotatable bonds is 5. The van der Waals surface area contributed by atoms with Crippen LogP contribution in [0.1, 0.15) is 18.1 Å². The van der Waals surface area contributed by atoms with E-state index in [1.807, 2.05) is 39.0 Å². The van der Waals surface area contributed by atoms with Crippen LogP contribution in [0.3, 0.4) is 0 Å². The maximum Gasteiger partial charge on any atom is 0.147 e. The van der Waals surface area contributed by atoms with E-state index in [2.05, 4.69) is 0 Å². The Kier molecular flexibility index (Phi) is 4.57. The summed E-state index contributed by atoms with van der Waals surface area (Å²) in [5.41, 5.74) is 2.16. The van der Waals surface area contributed by atoms with Crippen LogP contribution in [0.15, 0.2) is 18.2 Å². The molecule has 96 valence electrons. The highest BCUT2D eigenvalue weighted by molar-refractivity contribution is 7.90. The van der Waals surface area contributed by atoms with Crippen LogP contribution in [-0.2, 0) is 9.84 Å². The summed E-state index contributed by atoms with van der Waals surface area (Å²) < 4.78 is 28.0. The largest absolute Gasteiger partial charge is 0.493 e. The molecule has 0 unspecified atom stereocenters. The number of para-hydroxylation sites is 1. The first-order chi connectivity index (χ1) is 7.79. The highest BCUT2D eigenvalue weighted by Crippen LogP contribution is 2.22.